The number of rotatable bonds is 5. The first-order valence-electron chi connectivity index (χ1n) is 8.05. The van der Waals surface area contributed by atoms with E-state index in [2.05, 4.69) is 25.7 Å². The van der Waals surface area contributed by atoms with Gasteiger partial charge >= 0.3 is 0 Å². The van der Waals surface area contributed by atoms with E-state index in [9.17, 15) is 4.79 Å². The molecule has 2 atom stereocenters. The molecule has 1 saturated carbocycles. The molecule has 124 valence electrons. The van der Waals surface area contributed by atoms with Gasteiger partial charge in [0.25, 0.3) is 0 Å². The van der Waals surface area contributed by atoms with E-state index in [0.29, 0.717) is 12.5 Å². The van der Waals surface area contributed by atoms with Gasteiger partial charge in [0.05, 0.1) is 12.7 Å². The highest BCUT2D eigenvalue weighted by atomic mass is 16.1. The number of amides is 1. The van der Waals surface area contributed by atoms with Gasteiger partial charge in [-0.2, -0.15) is 5.10 Å². The summed E-state index contributed by atoms with van der Waals surface area (Å²) in [4.78, 5) is 15.6. The van der Waals surface area contributed by atoms with E-state index in [1.165, 1.54) is 0 Å². The van der Waals surface area contributed by atoms with Crippen molar-refractivity contribution in [3.05, 3.63) is 23.5 Å². The van der Waals surface area contributed by atoms with Gasteiger partial charge in [-0.15, -0.1) is 5.10 Å². The predicted molar refractivity (Wildman–Crippen MR) is 83.6 cm³/mol. The van der Waals surface area contributed by atoms with Gasteiger partial charge in [-0.1, -0.05) is 11.6 Å². The summed E-state index contributed by atoms with van der Waals surface area (Å²) in [5.41, 5.74) is 0.868. The van der Waals surface area contributed by atoms with E-state index in [0.717, 1.165) is 43.1 Å². The zero-order chi connectivity index (χ0) is 16.4. The molecule has 0 saturated heterocycles. The molecule has 0 aromatic carbocycles. The third-order valence-electron chi connectivity index (χ3n) is 4.33. The molecule has 1 aliphatic carbocycles. The van der Waals surface area contributed by atoms with E-state index in [-0.39, 0.29) is 11.9 Å². The minimum absolute atomic E-state index is 0.0400. The highest BCUT2D eigenvalue weighted by Gasteiger charge is 2.28. The SMILES string of the molecule is CC(=O)N[C@@H]1CCC[C@@H]1Cn1cc(Cn2nc(C)nc2C)nn1. The lowest BCUT2D eigenvalue weighted by Gasteiger charge is -2.19. The summed E-state index contributed by atoms with van der Waals surface area (Å²) in [6.45, 7) is 6.74. The third kappa shape index (κ3) is 3.75. The van der Waals surface area contributed by atoms with Crippen molar-refractivity contribution in [1.82, 2.24) is 35.1 Å². The Balaban J connectivity index is 1.63. The lowest BCUT2D eigenvalue weighted by Crippen LogP contribution is -2.37. The number of nitrogens with one attached hydrogen (secondary N) is 1. The second-order valence-electron chi connectivity index (χ2n) is 6.29. The Morgan fingerprint density at radius 2 is 2.22 bits per heavy atom. The van der Waals surface area contributed by atoms with Crippen molar-refractivity contribution in [3.63, 3.8) is 0 Å². The topological polar surface area (TPSA) is 90.5 Å². The van der Waals surface area contributed by atoms with Crippen LogP contribution in [0.1, 0.15) is 43.5 Å². The van der Waals surface area contributed by atoms with Crippen molar-refractivity contribution in [2.45, 2.75) is 59.2 Å². The molecule has 0 unspecified atom stereocenters. The van der Waals surface area contributed by atoms with Gasteiger partial charge in [-0.25, -0.2) is 9.67 Å². The fraction of sp³-hybridized carbons (Fsp3) is 0.667. The number of aromatic nitrogens is 6. The van der Waals surface area contributed by atoms with E-state index in [1.54, 1.807) is 6.92 Å². The Labute approximate surface area is 135 Å². The van der Waals surface area contributed by atoms with Crippen LogP contribution in [0.3, 0.4) is 0 Å². The number of carbonyl (C=O) groups is 1. The van der Waals surface area contributed by atoms with Crippen molar-refractivity contribution < 1.29 is 4.79 Å². The van der Waals surface area contributed by atoms with Crippen molar-refractivity contribution >= 4 is 5.91 Å². The average molecular weight is 317 g/mol. The highest BCUT2D eigenvalue weighted by molar-refractivity contribution is 5.73. The Kier molecular flexibility index (Phi) is 4.40. The van der Waals surface area contributed by atoms with Gasteiger partial charge in [-0.05, 0) is 32.6 Å². The van der Waals surface area contributed by atoms with Crippen LogP contribution in [0.25, 0.3) is 0 Å². The first-order chi connectivity index (χ1) is 11.0. The van der Waals surface area contributed by atoms with Gasteiger partial charge in [0, 0.05) is 19.5 Å². The first-order valence-corrected chi connectivity index (χ1v) is 8.05. The number of hydrogen-bond acceptors (Lipinski definition) is 5. The normalized spacial score (nSPS) is 20.8. The van der Waals surface area contributed by atoms with E-state index in [1.807, 2.05) is 29.4 Å². The summed E-state index contributed by atoms with van der Waals surface area (Å²) in [6.07, 6.45) is 5.26. The molecular formula is C15H23N7O. The zero-order valence-electron chi connectivity index (χ0n) is 13.9. The molecule has 2 aromatic rings. The molecule has 8 nitrogen and oxygen atoms in total. The molecule has 23 heavy (non-hydrogen) atoms. The summed E-state index contributed by atoms with van der Waals surface area (Å²) in [5, 5.41) is 15.8. The van der Waals surface area contributed by atoms with Crippen LogP contribution < -0.4 is 5.32 Å². The van der Waals surface area contributed by atoms with Crippen molar-refractivity contribution in [3.8, 4) is 0 Å². The Hall–Kier alpha value is -2.25. The van der Waals surface area contributed by atoms with Gasteiger partial charge in [0.15, 0.2) is 0 Å². The van der Waals surface area contributed by atoms with Gasteiger partial charge in [0.2, 0.25) is 5.91 Å². The van der Waals surface area contributed by atoms with Crippen LogP contribution in [0.4, 0.5) is 0 Å². The molecule has 1 amide bonds. The van der Waals surface area contributed by atoms with E-state index >= 15 is 0 Å². The van der Waals surface area contributed by atoms with Gasteiger partial charge < -0.3 is 5.32 Å². The maximum atomic E-state index is 11.3. The summed E-state index contributed by atoms with van der Waals surface area (Å²) < 4.78 is 3.71. The summed E-state index contributed by atoms with van der Waals surface area (Å²) in [7, 11) is 0. The van der Waals surface area contributed by atoms with Gasteiger partial charge in [-0.3, -0.25) is 9.48 Å². The second kappa shape index (κ2) is 6.47. The van der Waals surface area contributed by atoms with Crippen LogP contribution in [0.5, 0.6) is 0 Å². The highest BCUT2D eigenvalue weighted by Crippen LogP contribution is 2.27. The van der Waals surface area contributed by atoms with Crippen molar-refractivity contribution in [1.29, 1.82) is 0 Å². The number of nitrogens with zero attached hydrogens (tertiary/aromatic N) is 6. The molecule has 8 heteroatoms. The Morgan fingerprint density at radius 3 is 2.91 bits per heavy atom. The number of hydrogen-bond donors (Lipinski definition) is 1. The van der Waals surface area contributed by atoms with E-state index in [4.69, 9.17) is 0 Å². The van der Waals surface area contributed by atoms with Crippen LogP contribution in [0, 0.1) is 19.8 Å². The maximum Gasteiger partial charge on any atom is 0.217 e. The van der Waals surface area contributed by atoms with Crippen molar-refractivity contribution in [2.75, 3.05) is 0 Å². The predicted octanol–water partition coefficient (Wildman–Crippen LogP) is 0.840. The van der Waals surface area contributed by atoms with Crippen LogP contribution in [0.15, 0.2) is 6.20 Å². The minimum Gasteiger partial charge on any atom is -0.353 e. The van der Waals surface area contributed by atoms with Gasteiger partial charge in [0.1, 0.15) is 17.3 Å². The zero-order valence-corrected chi connectivity index (χ0v) is 13.9. The monoisotopic (exact) mass is 317 g/mol. The number of aryl methyl sites for hydroxylation is 2. The fourth-order valence-electron chi connectivity index (χ4n) is 3.31. The summed E-state index contributed by atoms with van der Waals surface area (Å²) in [5.74, 6) is 2.10. The summed E-state index contributed by atoms with van der Waals surface area (Å²) >= 11 is 0. The average Bonchev–Trinajstić information content (AvgIpc) is 3.15. The second-order valence-corrected chi connectivity index (χ2v) is 6.29. The molecule has 1 N–H and O–H groups in total. The van der Waals surface area contributed by atoms with E-state index < -0.39 is 0 Å². The Bertz CT molecular complexity index is 690. The van der Waals surface area contributed by atoms with Crippen molar-refractivity contribution in [2.24, 2.45) is 5.92 Å². The number of carbonyl (C=O) groups excluding carboxylic acids is 1. The molecule has 3 rings (SSSR count). The van der Waals surface area contributed by atoms with Crippen LogP contribution in [0.2, 0.25) is 0 Å². The molecule has 2 aromatic heterocycles. The molecule has 1 aliphatic rings. The fourth-order valence-corrected chi connectivity index (χ4v) is 3.31. The maximum absolute atomic E-state index is 11.3. The molecule has 0 spiro atoms. The lowest BCUT2D eigenvalue weighted by atomic mass is 10.0. The lowest BCUT2D eigenvalue weighted by molar-refractivity contribution is -0.119. The first kappa shape index (κ1) is 15.6. The largest absolute Gasteiger partial charge is 0.353 e. The quantitative estimate of drug-likeness (QED) is 0.882. The molecule has 0 bridgehead atoms. The van der Waals surface area contributed by atoms with Crippen LogP contribution in [-0.4, -0.2) is 41.7 Å². The van der Waals surface area contributed by atoms with Crippen LogP contribution >= 0.6 is 0 Å². The smallest absolute Gasteiger partial charge is 0.217 e. The minimum atomic E-state index is 0.0400. The molecular weight excluding hydrogens is 294 g/mol. The molecule has 0 aliphatic heterocycles. The molecule has 1 fully saturated rings. The summed E-state index contributed by atoms with van der Waals surface area (Å²) in [6, 6.07) is 0.250. The molecule has 0 radical (unpaired) electrons. The molecule has 2 heterocycles. The Morgan fingerprint density at radius 1 is 1.39 bits per heavy atom. The third-order valence-corrected chi connectivity index (χ3v) is 4.33. The van der Waals surface area contributed by atoms with Crippen LogP contribution in [-0.2, 0) is 17.9 Å². The standard InChI is InChI=1S/C15H23N7O/c1-10-16-11(2)22(19-10)9-14-8-21(20-18-14)7-13-5-4-6-15(13)17-12(3)23/h8,13,15H,4-7,9H2,1-3H3,(H,17,23)/t13-,15-/m1/s1.